The quantitative estimate of drug-likeness (QED) is 0.704. The summed E-state index contributed by atoms with van der Waals surface area (Å²) in [5.74, 6) is 0.192. The van der Waals surface area contributed by atoms with Crippen molar-refractivity contribution in [3.8, 4) is 0 Å². The number of aryl methyl sites for hydroxylation is 1. The van der Waals surface area contributed by atoms with Crippen molar-refractivity contribution in [1.29, 1.82) is 0 Å². The predicted octanol–water partition coefficient (Wildman–Crippen LogP) is 0.287. The molecule has 0 saturated carbocycles. The summed E-state index contributed by atoms with van der Waals surface area (Å²) in [7, 11) is 0. The molecule has 0 spiro atoms. The van der Waals surface area contributed by atoms with Crippen LogP contribution in [0, 0.1) is 6.92 Å². The van der Waals surface area contributed by atoms with E-state index in [4.69, 9.17) is 4.52 Å². The van der Waals surface area contributed by atoms with Gasteiger partial charge < -0.3 is 14.3 Å². The Morgan fingerprint density at radius 2 is 1.82 bits per heavy atom. The van der Waals surface area contributed by atoms with Crippen molar-refractivity contribution in [3.05, 3.63) is 17.5 Å². The third-order valence-corrected chi connectivity index (χ3v) is 2.95. The molecule has 2 heterocycles. The molecule has 0 bridgehead atoms. The molecule has 17 heavy (non-hydrogen) atoms. The average Bonchev–Trinajstić information content (AvgIpc) is 2.74. The highest BCUT2D eigenvalue weighted by molar-refractivity contribution is 5.92. The molecule has 0 radical (unpaired) electrons. The van der Waals surface area contributed by atoms with Gasteiger partial charge in [-0.3, -0.25) is 9.59 Å². The van der Waals surface area contributed by atoms with Crippen molar-refractivity contribution in [2.45, 2.75) is 13.8 Å². The summed E-state index contributed by atoms with van der Waals surface area (Å²) in [6.07, 6.45) is 1.53. The molecule has 6 nitrogen and oxygen atoms in total. The van der Waals surface area contributed by atoms with Crippen LogP contribution < -0.4 is 0 Å². The molecular formula is C11H15N3O3. The van der Waals surface area contributed by atoms with Gasteiger partial charge in [-0.15, -0.1) is 0 Å². The van der Waals surface area contributed by atoms with Gasteiger partial charge >= 0.3 is 0 Å². The number of aromatic nitrogens is 1. The number of hydrogen-bond acceptors (Lipinski definition) is 4. The number of amides is 2. The largest absolute Gasteiger partial charge is 0.351 e. The lowest BCUT2D eigenvalue weighted by Gasteiger charge is -2.33. The summed E-state index contributed by atoms with van der Waals surface area (Å²) in [5, 5.41) is 3.59. The van der Waals surface area contributed by atoms with Gasteiger partial charge in [0.05, 0.1) is 6.20 Å². The van der Waals surface area contributed by atoms with Crippen molar-refractivity contribution < 1.29 is 14.1 Å². The third-order valence-electron chi connectivity index (χ3n) is 2.95. The second-order valence-electron chi connectivity index (χ2n) is 4.14. The minimum Gasteiger partial charge on any atom is -0.351 e. The number of nitrogens with zero attached hydrogens (tertiary/aromatic N) is 3. The lowest BCUT2D eigenvalue weighted by Crippen LogP contribution is -2.50. The van der Waals surface area contributed by atoms with E-state index in [1.165, 1.54) is 13.1 Å². The SMILES string of the molecule is CC(=O)N1CCN(C(=O)c2oncc2C)CC1. The molecule has 6 heteroatoms. The van der Waals surface area contributed by atoms with Crippen molar-refractivity contribution >= 4 is 11.8 Å². The van der Waals surface area contributed by atoms with Crippen LogP contribution in [0.1, 0.15) is 23.0 Å². The van der Waals surface area contributed by atoms with Crippen LogP contribution in [0.2, 0.25) is 0 Å². The van der Waals surface area contributed by atoms with Crippen LogP contribution in [0.25, 0.3) is 0 Å². The van der Waals surface area contributed by atoms with E-state index in [0.717, 1.165) is 5.56 Å². The fourth-order valence-electron chi connectivity index (χ4n) is 1.86. The van der Waals surface area contributed by atoms with Crippen LogP contribution in [0.15, 0.2) is 10.7 Å². The molecule has 0 atom stereocenters. The summed E-state index contributed by atoms with van der Waals surface area (Å²) < 4.78 is 4.93. The van der Waals surface area contributed by atoms with Crippen LogP contribution in [0.3, 0.4) is 0 Å². The van der Waals surface area contributed by atoms with Gasteiger partial charge in [0.2, 0.25) is 11.7 Å². The normalized spacial score (nSPS) is 16.1. The Kier molecular flexibility index (Phi) is 3.12. The van der Waals surface area contributed by atoms with E-state index in [0.29, 0.717) is 31.9 Å². The van der Waals surface area contributed by atoms with Crippen molar-refractivity contribution in [3.63, 3.8) is 0 Å². The maximum atomic E-state index is 12.0. The molecule has 1 aromatic heterocycles. The number of carbonyl (C=O) groups excluding carboxylic acids is 2. The molecule has 0 aliphatic carbocycles. The first-order valence-electron chi connectivity index (χ1n) is 5.55. The molecule has 1 aliphatic heterocycles. The monoisotopic (exact) mass is 237 g/mol. The Labute approximate surface area is 99.2 Å². The number of rotatable bonds is 1. The molecule has 1 saturated heterocycles. The second-order valence-corrected chi connectivity index (χ2v) is 4.14. The summed E-state index contributed by atoms with van der Waals surface area (Å²) >= 11 is 0. The molecule has 92 valence electrons. The summed E-state index contributed by atoms with van der Waals surface area (Å²) in [5.41, 5.74) is 0.740. The molecule has 0 N–H and O–H groups in total. The van der Waals surface area contributed by atoms with Gasteiger partial charge in [-0.25, -0.2) is 0 Å². The highest BCUT2D eigenvalue weighted by Gasteiger charge is 2.26. The summed E-state index contributed by atoms with van der Waals surface area (Å²) in [6.45, 7) is 5.56. The highest BCUT2D eigenvalue weighted by atomic mass is 16.5. The fraction of sp³-hybridized carbons (Fsp3) is 0.545. The van der Waals surface area contributed by atoms with E-state index in [9.17, 15) is 9.59 Å². The molecule has 2 amide bonds. The summed E-state index contributed by atoms with van der Waals surface area (Å²) in [4.78, 5) is 26.6. The molecule has 2 rings (SSSR count). The van der Waals surface area contributed by atoms with E-state index in [2.05, 4.69) is 5.16 Å². The Bertz CT molecular complexity index is 433. The molecule has 1 fully saturated rings. The lowest BCUT2D eigenvalue weighted by atomic mass is 10.2. The van der Waals surface area contributed by atoms with Gasteiger partial charge in [-0.1, -0.05) is 5.16 Å². The van der Waals surface area contributed by atoms with Crippen molar-refractivity contribution in [1.82, 2.24) is 15.0 Å². The second kappa shape index (κ2) is 4.57. The van der Waals surface area contributed by atoms with Crippen LogP contribution in [0.5, 0.6) is 0 Å². The van der Waals surface area contributed by atoms with E-state index in [1.807, 2.05) is 0 Å². The fourth-order valence-corrected chi connectivity index (χ4v) is 1.86. The maximum Gasteiger partial charge on any atom is 0.292 e. The van der Waals surface area contributed by atoms with Crippen LogP contribution in [0.4, 0.5) is 0 Å². The summed E-state index contributed by atoms with van der Waals surface area (Å²) in [6, 6.07) is 0. The van der Waals surface area contributed by atoms with E-state index in [-0.39, 0.29) is 11.8 Å². The van der Waals surface area contributed by atoms with E-state index in [1.54, 1.807) is 16.7 Å². The minimum atomic E-state index is -0.150. The van der Waals surface area contributed by atoms with Crippen LogP contribution in [-0.4, -0.2) is 52.9 Å². The first-order chi connectivity index (χ1) is 8.09. The highest BCUT2D eigenvalue weighted by Crippen LogP contribution is 2.12. The average molecular weight is 237 g/mol. The zero-order valence-electron chi connectivity index (χ0n) is 9.97. The van der Waals surface area contributed by atoms with Gasteiger partial charge in [-0.2, -0.15) is 0 Å². The maximum absolute atomic E-state index is 12.0. The number of piperazine rings is 1. The number of carbonyl (C=O) groups is 2. The van der Waals surface area contributed by atoms with Gasteiger partial charge in [0.15, 0.2) is 0 Å². The van der Waals surface area contributed by atoms with Crippen LogP contribution in [-0.2, 0) is 4.79 Å². The Morgan fingerprint density at radius 3 is 2.29 bits per heavy atom. The zero-order chi connectivity index (χ0) is 12.4. The molecule has 0 unspecified atom stereocenters. The Morgan fingerprint density at radius 1 is 1.24 bits per heavy atom. The lowest BCUT2D eigenvalue weighted by molar-refractivity contribution is -0.130. The van der Waals surface area contributed by atoms with Gasteiger partial charge in [0.1, 0.15) is 0 Å². The molecular weight excluding hydrogens is 222 g/mol. The minimum absolute atomic E-state index is 0.0490. The van der Waals surface area contributed by atoms with Crippen LogP contribution >= 0.6 is 0 Å². The third kappa shape index (κ3) is 2.30. The van der Waals surface area contributed by atoms with Gasteiger partial charge in [-0.05, 0) is 6.92 Å². The zero-order valence-corrected chi connectivity index (χ0v) is 9.97. The molecule has 0 aromatic carbocycles. The van der Waals surface area contributed by atoms with Gasteiger partial charge in [0, 0.05) is 38.7 Å². The Balaban J connectivity index is 2.00. The van der Waals surface area contributed by atoms with E-state index < -0.39 is 0 Å². The van der Waals surface area contributed by atoms with Crippen molar-refractivity contribution in [2.24, 2.45) is 0 Å². The van der Waals surface area contributed by atoms with Crippen molar-refractivity contribution in [2.75, 3.05) is 26.2 Å². The van der Waals surface area contributed by atoms with Gasteiger partial charge in [0.25, 0.3) is 5.91 Å². The number of hydrogen-bond donors (Lipinski definition) is 0. The van der Waals surface area contributed by atoms with E-state index >= 15 is 0 Å². The first kappa shape index (κ1) is 11.6. The smallest absolute Gasteiger partial charge is 0.292 e. The molecule has 1 aromatic rings. The predicted molar refractivity (Wildman–Crippen MR) is 59.4 cm³/mol. The molecule has 1 aliphatic rings. The topological polar surface area (TPSA) is 66.7 Å². The standard InChI is InChI=1S/C11H15N3O3/c1-8-7-12-17-10(8)11(16)14-5-3-13(4-6-14)9(2)15/h7H,3-6H2,1-2H3. The Hall–Kier alpha value is -1.85. The first-order valence-corrected chi connectivity index (χ1v) is 5.55.